The fourth-order valence-electron chi connectivity index (χ4n) is 6.95. The summed E-state index contributed by atoms with van der Waals surface area (Å²) in [7, 11) is 2.19. The Hall–Kier alpha value is -4.97. The van der Waals surface area contributed by atoms with E-state index >= 15 is 0 Å². The van der Waals surface area contributed by atoms with Gasteiger partial charge in [0.05, 0.1) is 43.1 Å². The van der Waals surface area contributed by atoms with E-state index in [0.29, 0.717) is 5.56 Å². The molecular weight excluding hydrogens is 576 g/mol. The lowest BCUT2D eigenvalue weighted by Crippen LogP contribution is -2.58. The van der Waals surface area contributed by atoms with Crippen molar-refractivity contribution in [2.75, 3.05) is 14.2 Å². The number of phenolic OH excluding ortho intramolecular Hbond substituents is 2. The summed E-state index contributed by atoms with van der Waals surface area (Å²) in [5.41, 5.74) is -3.93. The van der Waals surface area contributed by atoms with Crippen LogP contribution in [0, 0.1) is 12.3 Å². The molecule has 2 aromatic carbocycles. The molecule has 0 radical (unpaired) electrons. The average Bonchev–Trinajstić information content (AvgIpc) is 3.21. The Bertz CT molecular complexity index is 1780. The van der Waals surface area contributed by atoms with Crippen molar-refractivity contribution in [3.63, 3.8) is 0 Å². The molecule has 0 fully saturated rings. The van der Waals surface area contributed by atoms with E-state index in [0.717, 1.165) is 14.2 Å². The number of methoxy groups -OCH3 is 2. The number of ether oxygens (including phenoxy) is 3. The van der Waals surface area contributed by atoms with Crippen LogP contribution >= 0.6 is 0 Å². The van der Waals surface area contributed by atoms with Gasteiger partial charge in [-0.25, -0.2) is 4.79 Å². The van der Waals surface area contributed by atoms with Crippen LogP contribution in [-0.4, -0.2) is 75.6 Å². The van der Waals surface area contributed by atoms with E-state index in [1.807, 2.05) is 0 Å². The number of aromatic hydroxyl groups is 2. The molecule has 1 heterocycles. The number of fused-ring (bicyclic) bond motifs is 2. The number of rotatable bonds is 5. The molecule has 0 amide bonds. The fourth-order valence-corrected chi connectivity index (χ4v) is 6.95. The van der Waals surface area contributed by atoms with Gasteiger partial charge in [-0.15, -0.1) is 0 Å². The highest BCUT2D eigenvalue weighted by Crippen LogP contribution is 2.58. The normalized spacial score (nSPS) is 25.3. The van der Waals surface area contributed by atoms with Gasteiger partial charge in [0.25, 0.3) is 0 Å². The number of carbonyl (C=O) groups excluding carboxylic acids is 5. The third-order valence-electron chi connectivity index (χ3n) is 9.02. The van der Waals surface area contributed by atoms with Gasteiger partial charge in [0, 0.05) is 17.5 Å². The predicted octanol–water partition coefficient (Wildman–Crippen LogP) is 2.53. The lowest BCUT2D eigenvalue weighted by molar-refractivity contribution is -0.172. The van der Waals surface area contributed by atoms with E-state index in [2.05, 4.69) is 4.74 Å². The van der Waals surface area contributed by atoms with Crippen molar-refractivity contribution < 1.29 is 58.6 Å². The van der Waals surface area contributed by atoms with E-state index in [4.69, 9.17) is 9.47 Å². The number of Topliss-reactive ketones (excluding diaryl/α,β-unsaturated/α-hetero) is 3. The molecule has 0 saturated carbocycles. The van der Waals surface area contributed by atoms with Gasteiger partial charge in [-0.2, -0.15) is 0 Å². The molecule has 1 aliphatic heterocycles. The standard InChI is InChI=1S/C32H28O12/c1-13-8-16-23(17(33)9-13)28(39)25-26(37)15-6-7-31(25,29(16)40)11-14-10-19-24(27(38)22(14)15)18(34)12-32(44-19,30(41)43-3)20(35)4-5-21(36)42-2/h6-10,15,20,33,35,38-39H,4-5,11-12H2,1-3H3/t15-,20-,31+,32+/m1/s1. The summed E-state index contributed by atoms with van der Waals surface area (Å²) in [4.78, 5) is 66.4. The lowest BCUT2D eigenvalue weighted by atomic mass is 9.62. The van der Waals surface area contributed by atoms with Crippen LogP contribution in [0.1, 0.15) is 68.2 Å². The minimum atomic E-state index is -2.28. The van der Waals surface area contributed by atoms with Crippen LogP contribution in [0.5, 0.6) is 17.2 Å². The smallest absolute Gasteiger partial charge is 0.353 e. The highest BCUT2D eigenvalue weighted by atomic mass is 16.6. The topological polar surface area (TPSA) is 194 Å². The largest absolute Gasteiger partial charge is 0.507 e. The van der Waals surface area contributed by atoms with Crippen LogP contribution in [0.2, 0.25) is 0 Å². The molecule has 2 bridgehead atoms. The molecule has 7 rings (SSSR count). The number of benzene rings is 2. The number of hydrogen-bond donors (Lipinski definition) is 4. The van der Waals surface area contributed by atoms with Crippen molar-refractivity contribution in [2.45, 2.75) is 50.2 Å². The van der Waals surface area contributed by atoms with Gasteiger partial charge in [-0.1, -0.05) is 12.2 Å². The fraction of sp³-hybridized carbons (Fsp3) is 0.344. The number of hydrogen-bond acceptors (Lipinski definition) is 12. The second-order valence-electron chi connectivity index (χ2n) is 11.5. The van der Waals surface area contributed by atoms with Crippen LogP contribution in [0.3, 0.4) is 0 Å². The van der Waals surface area contributed by atoms with E-state index in [9.17, 15) is 44.4 Å². The minimum absolute atomic E-state index is 0.00939. The van der Waals surface area contributed by atoms with Gasteiger partial charge in [0.1, 0.15) is 34.7 Å². The summed E-state index contributed by atoms with van der Waals surface area (Å²) in [6, 6.07) is 4.19. The van der Waals surface area contributed by atoms with Crippen molar-refractivity contribution in [1.82, 2.24) is 0 Å². The molecule has 44 heavy (non-hydrogen) atoms. The summed E-state index contributed by atoms with van der Waals surface area (Å²) < 4.78 is 15.5. The van der Waals surface area contributed by atoms with Crippen molar-refractivity contribution >= 4 is 35.0 Å². The van der Waals surface area contributed by atoms with Crippen LogP contribution in [-0.2, 0) is 30.3 Å². The zero-order valence-electron chi connectivity index (χ0n) is 23.9. The van der Waals surface area contributed by atoms with Crippen LogP contribution in [0.15, 0.2) is 35.9 Å². The second kappa shape index (κ2) is 9.78. The molecule has 12 heteroatoms. The SMILES string of the molecule is COC(=O)CC[C@@H](O)[C@]1(C(=O)OC)CC(=O)c2c(cc3c(c2O)[C@H]2C=C[C@@]4(C3)C(=O)c3cc(C)cc(O)c3C(O)=C4C2=O)O1. The first-order valence-electron chi connectivity index (χ1n) is 13.8. The van der Waals surface area contributed by atoms with Crippen LogP contribution in [0.4, 0.5) is 0 Å². The first-order chi connectivity index (χ1) is 20.8. The maximum atomic E-state index is 14.1. The summed E-state index contributed by atoms with van der Waals surface area (Å²) in [6.45, 7) is 1.66. The molecule has 1 spiro atoms. The highest BCUT2D eigenvalue weighted by Gasteiger charge is 2.58. The summed E-state index contributed by atoms with van der Waals surface area (Å²) in [5, 5.41) is 44.5. The Morgan fingerprint density at radius 3 is 2.45 bits per heavy atom. The van der Waals surface area contributed by atoms with Crippen molar-refractivity contribution in [1.29, 1.82) is 0 Å². The van der Waals surface area contributed by atoms with E-state index in [1.54, 1.807) is 6.92 Å². The summed E-state index contributed by atoms with van der Waals surface area (Å²) in [5.74, 6) is -6.84. The number of ketones is 3. The Labute approximate surface area is 250 Å². The van der Waals surface area contributed by atoms with E-state index < -0.39 is 70.3 Å². The van der Waals surface area contributed by atoms with Gasteiger partial charge in [-0.3, -0.25) is 19.2 Å². The predicted molar refractivity (Wildman–Crippen MR) is 149 cm³/mol. The molecule has 12 nitrogen and oxygen atoms in total. The maximum absolute atomic E-state index is 14.1. The Morgan fingerprint density at radius 1 is 1.05 bits per heavy atom. The lowest BCUT2D eigenvalue weighted by Gasteiger charge is -2.39. The van der Waals surface area contributed by atoms with E-state index in [1.165, 1.54) is 30.4 Å². The Balaban J connectivity index is 1.52. The molecule has 2 aromatic rings. The monoisotopic (exact) mass is 604 g/mol. The van der Waals surface area contributed by atoms with Gasteiger partial charge in [-0.05, 0) is 49.1 Å². The summed E-state index contributed by atoms with van der Waals surface area (Å²) >= 11 is 0. The quantitative estimate of drug-likeness (QED) is 0.288. The average molecular weight is 605 g/mol. The zero-order valence-corrected chi connectivity index (χ0v) is 23.9. The number of aryl methyl sites for hydroxylation is 1. The van der Waals surface area contributed by atoms with Crippen molar-refractivity contribution in [3.8, 4) is 17.2 Å². The number of aliphatic hydroxyl groups is 2. The van der Waals surface area contributed by atoms with Crippen LogP contribution in [0.25, 0.3) is 5.76 Å². The number of carbonyl (C=O) groups is 5. The highest BCUT2D eigenvalue weighted by molar-refractivity contribution is 6.23. The zero-order chi connectivity index (χ0) is 31.9. The molecule has 4 aliphatic carbocycles. The molecule has 4 atom stereocenters. The van der Waals surface area contributed by atoms with Gasteiger partial charge in [0.2, 0.25) is 5.60 Å². The molecular formula is C32H28O12. The summed E-state index contributed by atoms with van der Waals surface area (Å²) in [6.07, 6.45) is -0.390. The first-order valence-corrected chi connectivity index (χ1v) is 13.8. The Morgan fingerprint density at radius 2 is 1.77 bits per heavy atom. The second-order valence-corrected chi connectivity index (χ2v) is 11.5. The molecule has 228 valence electrons. The van der Waals surface area contributed by atoms with Gasteiger partial charge < -0.3 is 34.6 Å². The number of phenols is 2. The molecule has 4 N–H and O–H groups in total. The van der Waals surface area contributed by atoms with Crippen LogP contribution < -0.4 is 4.74 Å². The van der Waals surface area contributed by atoms with Crippen molar-refractivity contribution in [2.24, 2.45) is 5.41 Å². The first kappa shape index (κ1) is 29.1. The maximum Gasteiger partial charge on any atom is 0.353 e. The molecule has 0 saturated heterocycles. The van der Waals surface area contributed by atoms with Gasteiger partial charge >= 0.3 is 11.9 Å². The number of allylic oxidation sites excluding steroid dienone is 3. The molecule has 0 unspecified atom stereocenters. The number of esters is 2. The molecule has 0 aromatic heterocycles. The third kappa shape index (κ3) is 3.76. The molecule has 5 aliphatic rings. The minimum Gasteiger partial charge on any atom is -0.507 e. The third-order valence-corrected chi connectivity index (χ3v) is 9.02. The Kier molecular flexibility index (Phi) is 6.47. The van der Waals surface area contributed by atoms with Gasteiger partial charge in [0.15, 0.2) is 17.3 Å². The number of aliphatic hydroxyl groups excluding tert-OH is 2. The van der Waals surface area contributed by atoms with Crippen molar-refractivity contribution in [3.05, 3.63) is 69.3 Å². The van der Waals surface area contributed by atoms with E-state index in [-0.39, 0.29) is 64.2 Å².